The molecule has 0 unspecified atom stereocenters. The van der Waals surface area contributed by atoms with E-state index in [1.807, 2.05) is 36.4 Å². The van der Waals surface area contributed by atoms with Crippen LogP contribution in [0.1, 0.15) is 11.1 Å². The molecule has 1 N–H and O–H groups in total. The molecule has 0 radical (unpaired) electrons. The van der Waals surface area contributed by atoms with Crippen molar-refractivity contribution >= 4 is 15.9 Å². The highest BCUT2D eigenvalue weighted by Crippen LogP contribution is 2.23. The maximum Gasteiger partial charge on any atom is 0.119 e. The van der Waals surface area contributed by atoms with Gasteiger partial charge in [0, 0.05) is 10.9 Å². The van der Waals surface area contributed by atoms with Crippen molar-refractivity contribution in [3.63, 3.8) is 0 Å². The van der Waals surface area contributed by atoms with E-state index < -0.39 is 0 Å². The average Bonchev–Trinajstić information content (AvgIpc) is 2.24. The second-order valence-electron chi connectivity index (χ2n) is 3.40. The van der Waals surface area contributed by atoms with Crippen LogP contribution in [0.15, 0.2) is 53.0 Å². The highest BCUT2D eigenvalue weighted by atomic mass is 79.9. The number of hydrogen-bond acceptors (Lipinski definition) is 1. The fraction of sp³-hybridized carbons (Fsp3) is 0.0769. The van der Waals surface area contributed by atoms with Gasteiger partial charge in [0.15, 0.2) is 0 Å². The van der Waals surface area contributed by atoms with Crippen LogP contribution >= 0.6 is 15.9 Å². The van der Waals surface area contributed by atoms with E-state index in [4.69, 9.17) is 0 Å². The molecule has 0 aliphatic rings. The Bertz CT molecular complexity index is 422. The Morgan fingerprint density at radius 3 is 2.13 bits per heavy atom. The zero-order chi connectivity index (χ0) is 10.7. The molecule has 1 nitrogen and oxygen atoms in total. The van der Waals surface area contributed by atoms with Gasteiger partial charge in [-0.15, -0.1) is 0 Å². The zero-order valence-electron chi connectivity index (χ0n) is 8.15. The van der Waals surface area contributed by atoms with Gasteiger partial charge >= 0.3 is 0 Å². The SMILES string of the molecule is Oc1ccccc1Cc1ccccc1Br. The van der Waals surface area contributed by atoms with Gasteiger partial charge in [-0.05, 0) is 23.3 Å². The van der Waals surface area contributed by atoms with Crippen molar-refractivity contribution in [2.24, 2.45) is 0 Å². The van der Waals surface area contributed by atoms with Gasteiger partial charge in [0.25, 0.3) is 0 Å². The van der Waals surface area contributed by atoms with Crippen LogP contribution in [0, 0.1) is 0 Å². The number of halogens is 1. The molecule has 0 saturated heterocycles. The highest BCUT2D eigenvalue weighted by Gasteiger charge is 2.03. The largest absolute Gasteiger partial charge is 0.508 e. The Hall–Kier alpha value is -1.28. The molecule has 0 saturated carbocycles. The van der Waals surface area contributed by atoms with Gasteiger partial charge in [0.05, 0.1) is 0 Å². The molecule has 0 bridgehead atoms. The lowest BCUT2D eigenvalue weighted by Crippen LogP contribution is -1.89. The molecule has 2 aromatic rings. The third-order valence-electron chi connectivity index (χ3n) is 2.33. The van der Waals surface area contributed by atoms with Gasteiger partial charge in [-0.25, -0.2) is 0 Å². The summed E-state index contributed by atoms with van der Waals surface area (Å²) in [6, 6.07) is 15.5. The van der Waals surface area contributed by atoms with E-state index in [1.54, 1.807) is 6.07 Å². The summed E-state index contributed by atoms with van der Waals surface area (Å²) in [5.41, 5.74) is 2.13. The zero-order valence-corrected chi connectivity index (χ0v) is 9.74. The number of benzene rings is 2. The van der Waals surface area contributed by atoms with Crippen molar-refractivity contribution in [1.29, 1.82) is 0 Å². The number of phenolic OH excluding ortho intramolecular Hbond substituents is 1. The Balaban J connectivity index is 2.30. The molecule has 76 valence electrons. The van der Waals surface area contributed by atoms with Crippen LogP contribution in [0.3, 0.4) is 0 Å². The summed E-state index contributed by atoms with van der Waals surface area (Å²) in [6.07, 6.45) is 0.744. The summed E-state index contributed by atoms with van der Waals surface area (Å²) in [4.78, 5) is 0. The predicted octanol–water partition coefficient (Wildman–Crippen LogP) is 3.75. The van der Waals surface area contributed by atoms with Gasteiger partial charge in [-0.3, -0.25) is 0 Å². The molecule has 0 amide bonds. The van der Waals surface area contributed by atoms with Gasteiger partial charge in [0.2, 0.25) is 0 Å². The van der Waals surface area contributed by atoms with Crippen LogP contribution in [-0.2, 0) is 6.42 Å². The molecule has 0 fully saturated rings. The maximum atomic E-state index is 9.65. The molecular weight excluding hydrogens is 252 g/mol. The number of aromatic hydroxyl groups is 1. The van der Waals surface area contributed by atoms with Crippen molar-refractivity contribution in [2.75, 3.05) is 0 Å². The minimum atomic E-state index is 0.355. The van der Waals surface area contributed by atoms with Crippen molar-refractivity contribution in [2.45, 2.75) is 6.42 Å². The molecule has 0 aromatic heterocycles. The Morgan fingerprint density at radius 1 is 0.867 bits per heavy atom. The quantitative estimate of drug-likeness (QED) is 0.874. The first kappa shape index (κ1) is 10.2. The van der Waals surface area contributed by atoms with E-state index in [1.165, 1.54) is 5.56 Å². The minimum Gasteiger partial charge on any atom is -0.508 e. The first-order valence-electron chi connectivity index (χ1n) is 4.77. The van der Waals surface area contributed by atoms with Crippen molar-refractivity contribution in [3.8, 4) is 5.75 Å². The van der Waals surface area contributed by atoms with Crippen molar-refractivity contribution in [3.05, 3.63) is 64.1 Å². The van der Waals surface area contributed by atoms with Crippen LogP contribution in [0.4, 0.5) is 0 Å². The first-order valence-corrected chi connectivity index (χ1v) is 5.57. The summed E-state index contributed by atoms with van der Waals surface area (Å²) in [6.45, 7) is 0. The average molecular weight is 263 g/mol. The van der Waals surface area contributed by atoms with E-state index in [2.05, 4.69) is 22.0 Å². The van der Waals surface area contributed by atoms with Gasteiger partial charge in [-0.1, -0.05) is 52.3 Å². The van der Waals surface area contributed by atoms with E-state index in [-0.39, 0.29) is 0 Å². The van der Waals surface area contributed by atoms with E-state index in [0.717, 1.165) is 16.5 Å². The summed E-state index contributed by atoms with van der Waals surface area (Å²) in [5.74, 6) is 0.355. The van der Waals surface area contributed by atoms with Crippen molar-refractivity contribution in [1.82, 2.24) is 0 Å². The summed E-state index contributed by atoms with van der Waals surface area (Å²) in [5, 5.41) is 9.65. The van der Waals surface area contributed by atoms with Crippen LogP contribution in [-0.4, -0.2) is 5.11 Å². The predicted molar refractivity (Wildman–Crippen MR) is 65.1 cm³/mol. The third kappa shape index (κ3) is 2.39. The molecule has 0 atom stereocenters. The van der Waals surface area contributed by atoms with Gasteiger partial charge in [0.1, 0.15) is 5.75 Å². The van der Waals surface area contributed by atoms with Crippen LogP contribution in [0.5, 0.6) is 5.75 Å². The molecular formula is C13H11BrO. The molecule has 2 rings (SSSR count). The summed E-state index contributed by atoms with van der Waals surface area (Å²) in [7, 11) is 0. The summed E-state index contributed by atoms with van der Waals surface area (Å²) < 4.78 is 1.08. The van der Waals surface area contributed by atoms with E-state index in [9.17, 15) is 5.11 Å². The van der Waals surface area contributed by atoms with E-state index in [0.29, 0.717) is 5.75 Å². The maximum absolute atomic E-state index is 9.65. The monoisotopic (exact) mass is 262 g/mol. The van der Waals surface area contributed by atoms with E-state index >= 15 is 0 Å². The lowest BCUT2D eigenvalue weighted by Gasteiger charge is -2.06. The normalized spacial score (nSPS) is 10.2. The Kier molecular flexibility index (Phi) is 3.07. The van der Waals surface area contributed by atoms with Crippen LogP contribution in [0.2, 0.25) is 0 Å². The van der Waals surface area contributed by atoms with Crippen LogP contribution < -0.4 is 0 Å². The lowest BCUT2D eigenvalue weighted by molar-refractivity contribution is 0.469. The molecule has 0 aliphatic heterocycles. The minimum absolute atomic E-state index is 0.355. The second kappa shape index (κ2) is 4.49. The lowest BCUT2D eigenvalue weighted by atomic mass is 10.0. The fourth-order valence-corrected chi connectivity index (χ4v) is 1.93. The first-order chi connectivity index (χ1) is 7.27. The molecule has 0 aliphatic carbocycles. The third-order valence-corrected chi connectivity index (χ3v) is 3.10. The molecule has 0 spiro atoms. The molecule has 0 heterocycles. The summed E-state index contributed by atoms with van der Waals surface area (Å²) >= 11 is 3.50. The van der Waals surface area contributed by atoms with Crippen molar-refractivity contribution < 1.29 is 5.11 Å². The van der Waals surface area contributed by atoms with Crippen LogP contribution in [0.25, 0.3) is 0 Å². The number of phenols is 1. The molecule has 15 heavy (non-hydrogen) atoms. The smallest absolute Gasteiger partial charge is 0.119 e. The Labute approximate surface area is 97.5 Å². The number of para-hydroxylation sites is 1. The van der Waals surface area contributed by atoms with Gasteiger partial charge in [-0.2, -0.15) is 0 Å². The highest BCUT2D eigenvalue weighted by molar-refractivity contribution is 9.10. The standard InChI is InChI=1S/C13H11BrO/c14-12-7-3-1-5-10(12)9-11-6-2-4-8-13(11)15/h1-8,15H,9H2. The Morgan fingerprint density at radius 2 is 1.47 bits per heavy atom. The van der Waals surface area contributed by atoms with Gasteiger partial charge < -0.3 is 5.11 Å². The second-order valence-corrected chi connectivity index (χ2v) is 4.25. The topological polar surface area (TPSA) is 20.2 Å². The molecule has 2 aromatic carbocycles. The molecule has 2 heteroatoms. The fourth-order valence-electron chi connectivity index (χ4n) is 1.51. The number of rotatable bonds is 2. The number of hydrogen-bond donors (Lipinski definition) is 1.